The molecule has 0 saturated carbocycles. The standard InChI is InChI=1S/C21H24N2O3/c1-3-19(21(24)25-2)17-11-9-16(10-12-17)15-26-20-13-14-22-23(20)18-7-5-4-6-8-18/h3-12,20,22H,13-15H2,1-2H3. The maximum Gasteiger partial charge on any atom is 0.338 e. The van der Waals surface area contributed by atoms with Gasteiger partial charge >= 0.3 is 5.97 Å². The van der Waals surface area contributed by atoms with Gasteiger partial charge < -0.3 is 9.47 Å². The van der Waals surface area contributed by atoms with Crippen LogP contribution in [0.15, 0.2) is 60.7 Å². The molecule has 0 amide bonds. The van der Waals surface area contributed by atoms with E-state index >= 15 is 0 Å². The number of rotatable bonds is 6. The van der Waals surface area contributed by atoms with Crippen molar-refractivity contribution in [1.29, 1.82) is 0 Å². The molecule has 0 aromatic heterocycles. The van der Waals surface area contributed by atoms with Gasteiger partial charge in [-0.15, -0.1) is 0 Å². The molecule has 1 N–H and O–H groups in total. The first-order valence-corrected chi connectivity index (χ1v) is 8.76. The Morgan fingerprint density at radius 2 is 1.92 bits per heavy atom. The zero-order chi connectivity index (χ0) is 18.4. The van der Waals surface area contributed by atoms with Crippen molar-refractivity contribution in [3.8, 4) is 0 Å². The summed E-state index contributed by atoms with van der Waals surface area (Å²) < 4.78 is 10.9. The summed E-state index contributed by atoms with van der Waals surface area (Å²) in [6.07, 6.45) is 2.69. The van der Waals surface area contributed by atoms with E-state index in [2.05, 4.69) is 22.6 Å². The van der Waals surface area contributed by atoms with Crippen LogP contribution in [0.4, 0.5) is 5.69 Å². The SMILES string of the molecule is CC=C(C(=O)OC)c1ccc(COC2CCNN2c2ccccc2)cc1. The van der Waals surface area contributed by atoms with Crippen LogP contribution in [0.2, 0.25) is 0 Å². The van der Waals surface area contributed by atoms with Gasteiger partial charge in [0.1, 0.15) is 6.23 Å². The molecule has 0 aliphatic carbocycles. The van der Waals surface area contributed by atoms with Crippen LogP contribution >= 0.6 is 0 Å². The van der Waals surface area contributed by atoms with E-state index in [0.29, 0.717) is 12.2 Å². The predicted molar refractivity (Wildman–Crippen MR) is 102 cm³/mol. The van der Waals surface area contributed by atoms with Crippen LogP contribution in [0.5, 0.6) is 0 Å². The Balaban J connectivity index is 1.62. The first-order valence-electron chi connectivity index (χ1n) is 8.76. The van der Waals surface area contributed by atoms with Crippen molar-refractivity contribution in [1.82, 2.24) is 5.43 Å². The molecule has 136 valence electrons. The maximum absolute atomic E-state index is 11.8. The summed E-state index contributed by atoms with van der Waals surface area (Å²) in [5, 5.41) is 2.07. The molecule has 0 radical (unpaired) electrons. The monoisotopic (exact) mass is 352 g/mol. The second-order valence-electron chi connectivity index (χ2n) is 6.06. The van der Waals surface area contributed by atoms with Crippen LogP contribution in [-0.2, 0) is 20.9 Å². The summed E-state index contributed by atoms with van der Waals surface area (Å²) >= 11 is 0. The number of benzene rings is 2. The Morgan fingerprint density at radius 1 is 1.19 bits per heavy atom. The van der Waals surface area contributed by atoms with Gasteiger partial charge in [-0.3, -0.25) is 5.01 Å². The second-order valence-corrected chi connectivity index (χ2v) is 6.06. The van der Waals surface area contributed by atoms with Gasteiger partial charge in [-0.1, -0.05) is 48.5 Å². The zero-order valence-corrected chi connectivity index (χ0v) is 15.1. The van der Waals surface area contributed by atoms with Crippen molar-refractivity contribution < 1.29 is 14.3 Å². The predicted octanol–water partition coefficient (Wildman–Crippen LogP) is 3.52. The van der Waals surface area contributed by atoms with E-state index in [1.807, 2.05) is 49.4 Å². The third-order valence-corrected chi connectivity index (χ3v) is 4.40. The minimum atomic E-state index is -0.327. The number of ether oxygens (including phenoxy) is 2. The first-order chi connectivity index (χ1) is 12.7. The van der Waals surface area contributed by atoms with E-state index in [1.54, 1.807) is 6.08 Å². The number of allylic oxidation sites excluding steroid dienone is 1. The highest BCUT2D eigenvalue weighted by Gasteiger charge is 2.25. The van der Waals surface area contributed by atoms with Gasteiger partial charge in [-0.05, 0) is 30.2 Å². The van der Waals surface area contributed by atoms with Gasteiger partial charge in [-0.2, -0.15) is 0 Å². The number of para-hydroxylation sites is 1. The van der Waals surface area contributed by atoms with Gasteiger partial charge in [0.2, 0.25) is 0 Å². The number of hydrogen-bond acceptors (Lipinski definition) is 5. The summed E-state index contributed by atoms with van der Waals surface area (Å²) in [5.74, 6) is -0.327. The highest BCUT2D eigenvalue weighted by atomic mass is 16.5. The zero-order valence-electron chi connectivity index (χ0n) is 15.1. The largest absolute Gasteiger partial charge is 0.465 e. The molecular formula is C21H24N2O3. The molecular weight excluding hydrogens is 328 g/mol. The Kier molecular flexibility index (Phi) is 6.04. The fourth-order valence-electron chi connectivity index (χ4n) is 3.03. The molecule has 0 spiro atoms. The number of nitrogens with one attached hydrogen (secondary N) is 1. The Morgan fingerprint density at radius 3 is 2.58 bits per heavy atom. The number of esters is 1. The van der Waals surface area contributed by atoms with Crippen LogP contribution in [0.1, 0.15) is 24.5 Å². The summed E-state index contributed by atoms with van der Waals surface area (Å²) in [6.45, 7) is 3.23. The number of carbonyl (C=O) groups excluding carboxylic acids is 1. The van der Waals surface area contributed by atoms with Crippen LogP contribution in [-0.4, -0.2) is 25.9 Å². The van der Waals surface area contributed by atoms with Gasteiger partial charge in [0.25, 0.3) is 0 Å². The molecule has 3 rings (SSSR count). The van der Waals surface area contributed by atoms with E-state index in [9.17, 15) is 4.79 Å². The lowest BCUT2D eigenvalue weighted by Gasteiger charge is -2.26. The smallest absolute Gasteiger partial charge is 0.338 e. The molecule has 1 unspecified atom stereocenters. The molecule has 1 heterocycles. The third kappa shape index (κ3) is 4.12. The molecule has 1 aliphatic rings. The number of anilines is 1. The van der Waals surface area contributed by atoms with E-state index in [-0.39, 0.29) is 12.2 Å². The van der Waals surface area contributed by atoms with Crippen molar-refractivity contribution in [3.63, 3.8) is 0 Å². The van der Waals surface area contributed by atoms with Gasteiger partial charge in [0.15, 0.2) is 0 Å². The number of hydrazine groups is 1. The minimum absolute atomic E-state index is 0.00163. The average Bonchev–Trinajstić information content (AvgIpc) is 3.17. The molecule has 1 aliphatic heterocycles. The minimum Gasteiger partial charge on any atom is -0.465 e. The van der Waals surface area contributed by atoms with Gasteiger partial charge in [0, 0.05) is 13.0 Å². The van der Waals surface area contributed by atoms with Crippen molar-refractivity contribution >= 4 is 17.2 Å². The number of nitrogens with zero attached hydrogens (tertiary/aromatic N) is 1. The Labute approximate surface area is 154 Å². The van der Waals surface area contributed by atoms with Gasteiger partial charge in [-0.25, -0.2) is 10.2 Å². The fourth-order valence-corrected chi connectivity index (χ4v) is 3.03. The molecule has 1 saturated heterocycles. The fraction of sp³-hybridized carbons (Fsp3) is 0.286. The second kappa shape index (κ2) is 8.65. The lowest BCUT2D eigenvalue weighted by molar-refractivity contribution is -0.133. The molecule has 5 nitrogen and oxygen atoms in total. The number of methoxy groups -OCH3 is 1. The molecule has 5 heteroatoms. The maximum atomic E-state index is 11.8. The summed E-state index contributed by atoms with van der Waals surface area (Å²) in [4.78, 5) is 11.8. The summed E-state index contributed by atoms with van der Waals surface area (Å²) in [5.41, 5.74) is 6.93. The average molecular weight is 352 g/mol. The van der Waals surface area contributed by atoms with Gasteiger partial charge in [0.05, 0.1) is 25.0 Å². The summed E-state index contributed by atoms with van der Waals surface area (Å²) in [7, 11) is 1.39. The van der Waals surface area contributed by atoms with Crippen LogP contribution in [0.25, 0.3) is 5.57 Å². The lowest BCUT2D eigenvalue weighted by Crippen LogP contribution is -2.38. The van der Waals surface area contributed by atoms with Crippen LogP contribution in [0, 0.1) is 0 Å². The van der Waals surface area contributed by atoms with Crippen LogP contribution in [0.3, 0.4) is 0 Å². The molecule has 1 atom stereocenters. The number of hydrogen-bond donors (Lipinski definition) is 1. The Hall–Kier alpha value is -2.63. The summed E-state index contributed by atoms with van der Waals surface area (Å²) in [6, 6.07) is 18.0. The van der Waals surface area contributed by atoms with E-state index in [1.165, 1.54) is 7.11 Å². The third-order valence-electron chi connectivity index (χ3n) is 4.40. The molecule has 2 aromatic rings. The van der Waals surface area contributed by atoms with Crippen LogP contribution < -0.4 is 10.4 Å². The molecule has 1 fully saturated rings. The van der Waals surface area contributed by atoms with E-state index in [4.69, 9.17) is 9.47 Å². The normalized spacial score (nSPS) is 17.4. The van der Waals surface area contributed by atoms with E-state index < -0.39 is 0 Å². The van der Waals surface area contributed by atoms with Crippen molar-refractivity contribution in [2.75, 3.05) is 18.7 Å². The van der Waals surface area contributed by atoms with Crippen molar-refractivity contribution in [2.24, 2.45) is 0 Å². The van der Waals surface area contributed by atoms with Crippen molar-refractivity contribution in [2.45, 2.75) is 26.2 Å². The molecule has 0 bridgehead atoms. The highest BCUT2D eigenvalue weighted by molar-refractivity contribution is 6.16. The van der Waals surface area contributed by atoms with E-state index in [0.717, 1.165) is 29.8 Å². The quantitative estimate of drug-likeness (QED) is 0.637. The first kappa shape index (κ1) is 18.2. The molecule has 2 aromatic carbocycles. The Bertz CT molecular complexity index is 757. The number of carbonyl (C=O) groups is 1. The topological polar surface area (TPSA) is 50.8 Å². The highest BCUT2D eigenvalue weighted by Crippen LogP contribution is 2.22. The van der Waals surface area contributed by atoms with Crippen molar-refractivity contribution in [3.05, 3.63) is 71.8 Å². The lowest BCUT2D eigenvalue weighted by atomic mass is 10.0. The molecule has 26 heavy (non-hydrogen) atoms.